The average Bonchev–Trinajstić information content (AvgIpc) is 2.67. The van der Waals surface area contributed by atoms with Crippen LogP contribution in [0.4, 0.5) is 0 Å². The Labute approximate surface area is 172 Å². The fourth-order valence-corrected chi connectivity index (χ4v) is 5.35. The number of benzene rings is 2. The summed E-state index contributed by atoms with van der Waals surface area (Å²) in [5, 5.41) is 2.95. The number of hydrogen-bond acceptors (Lipinski definition) is 4. The molecule has 1 aliphatic rings. The predicted molar refractivity (Wildman–Crippen MR) is 113 cm³/mol. The third-order valence-electron chi connectivity index (χ3n) is 5.16. The van der Waals surface area contributed by atoms with Gasteiger partial charge in [0.2, 0.25) is 10.0 Å². The summed E-state index contributed by atoms with van der Waals surface area (Å²) >= 11 is 0. The number of ether oxygens (including phenoxy) is 1. The van der Waals surface area contributed by atoms with Gasteiger partial charge in [-0.2, -0.15) is 4.31 Å². The highest BCUT2D eigenvalue weighted by molar-refractivity contribution is 7.88. The van der Waals surface area contributed by atoms with Gasteiger partial charge in [-0.15, -0.1) is 0 Å². The first kappa shape index (κ1) is 21.5. The molecule has 0 spiro atoms. The Balaban J connectivity index is 1.74. The van der Waals surface area contributed by atoms with E-state index in [9.17, 15) is 13.2 Å². The Morgan fingerprint density at radius 2 is 1.62 bits per heavy atom. The molecule has 1 amide bonds. The lowest BCUT2D eigenvalue weighted by molar-refractivity contribution is 0.0729. The summed E-state index contributed by atoms with van der Waals surface area (Å²) in [4.78, 5) is 12.8. The van der Waals surface area contributed by atoms with Crippen LogP contribution in [-0.2, 0) is 27.1 Å². The van der Waals surface area contributed by atoms with Crippen LogP contribution in [0.1, 0.15) is 38.2 Å². The number of carbonyl (C=O) groups is 1. The van der Waals surface area contributed by atoms with E-state index in [2.05, 4.69) is 5.32 Å². The summed E-state index contributed by atoms with van der Waals surface area (Å²) in [6.07, 6.45) is 0. The highest BCUT2D eigenvalue weighted by Gasteiger charge is 2.25. The van der Waals surface area contributed by atoms with Crippen LogP contribution in [0, 0.1) is 20.8 Å². The van der Waals surface area contributed by atoms with Crippen molar-refractivity contribution in [2.45, 2.75) is 33.1 Å². The minimum absolute atomic E-state index is 0.0817. The van der Waals surface area contributed by atoms with Crippen molar-refractivity contribution in [1.29, 1.82) is 0 Å². The van der Waals surface area contributed by atoms with Gasteiger partial charge in [0.05, 0.1) is 19.0 Å². The second-order valence-electron chi connectivity index (χ2n) is 7.49. The molecule has 0 radical (unpaired) electrons. The van der Waals surface area contributed by atoms with Gasteiger partial charge in [0.25, 0.3) is 5.91 Å². The molecular formula is C22H28N2O4S. The normalized spacial score (nSPS) is 15.3. The second-order valence-corrected chi connectivity index (χ2v) is 9.46. The summed E-state index contributed by atoms with van der Waals surface area (Å²) in [7, 11) is -3.43. The molecule has 1 saturated heterocycles. The molecule has 0 aromatic heterocycles. The number of aryl methyl sites for hydroxylation is 3. The highest BCUT2D eigenvalue weighted by Crippen LogP contribution is 2.19. The van der Waals surface area contributed by atoms with Crippen LogP contribution in [0.5, 0.6) is 0 Å². The topological polar surface area (TPSA) is 75.7 Å². The van der Waals surface area contributed by atoms with E-state index in [0.717, 1.165) is 22.3 Å². The van der Waals surface area contributed by atoms with Crippen LogP contribution in [-0.4, -0.2) is 44.9 Å². The van der Waals surface area contributed by atoms with Gasteiger partial charge in [-0.05, 0) is 43.0 Å². The Morgan fingerprint density at radius 1 is 1.03 bits per heavy atom. The Morgan fingerprint density at radius 3 is 2.24 bits per heavy atom. The molecule has 0 bridgehead atoms. The minimum Gasteiger partial charge on any atom is -0.379 e. The van der Waals surface area contributed by atoms with E-state index in [1.54, 1.807) is 0 Å². The Kier molecular flexibility index (Phi) is 6.72. The van der Waals surface area contributed by atoms with E-state index in [1.807, 2.05) is 57.2 Å². The third kappa shape index (κ3) is 5.23. The Hall–Kier alpha value is -2.22. The second kappa shape index (κ2) is 9.07. The van der Waals surface area contributed by atoms with Gasteiger partial charge in [-0.3, -0.25) is 4.79 Å². The first-order valence-corrected chi connectivity index (χ1v) is 11.4. The Bertz CT molecular complexity index is 973. The fraction of sp³-hybridized carbons (Fsp3) is 0.409. The summed E-state index contributed by atoms with van der Waals surface area (Å²) in [5.41, 5.74) is 5.17. The maximum absolute atomic E-state index is 12.8. The van der Waals surface area contributed by atoms with Crippen molar-refractivity contribution in [3.63, 3.8) is 0 Å². The van der Waals surface area contributed by atoms with Gasteiger partial charge in [-0.25, -0.2) is 8.42 Å². The van der Waals surface area contributed by atoms with E-state index in [-0.39, 0.29) is 18.2 Å². The molecule has 2 aromatic rings. The zero-order chi connectivity index (χ0) is 21.0. The SMILES string of the molecule is Cc1cc(C)c(C(=O)NCc2ccccc2CS(=O)(=O)N2CCOCC2)c(C)c1. The molecule has 0 saturated carbocycles. The zero-order valence-electron chi connectivity index (χ0n) is 17.2. The molecule has 3 rings (SSSR count). The van der Waals surface area contributed by atoms with Crippen molar-refractivity contribution in [3.05, 3.63) is 69.8 Å². The summed E-state index contributed by atoms with van der Waals surface area (Å²) in [6.45, 7) is 7.75. The summed E-state index contributed by atoms with van der Waals surface area (Å²) in [5.74, 6) is -0.229. The lowest BCUT2D eigenvalue weighted by Gasteiger charge is -2.26. The van der Waals surface area contributed by atoms with Gasteiger partial charge in [0.1, 0.15) is 0 Å². The van der Waals surface area contributed by atoms with Crippen LogP contribution < -0.4 is 5.32 Å². The number of nitrogens with one attached hydrogen (secondary N) is 1. The van der Waals surface area contributed by atoms with Gasteiger partial charge in [0.15, 0.2) is 0 Å². The number of sulfonamides is 1. The predicted octanol–water partition coefficient (Wildman–Crippen LogP) is 2.70. The van der Waals surface area contributed by atoms with Crippen molar-refractivity contribution in [2.24, 2.45) is 0 Å². The molecule has 0 atom stereocenters. The first-order valence-electron chi connectivity index (χ1n) is 9.76. The van der Waals surface area contributed by atoms with Crippen LogP contribution in [0.15, 0.2) is 36.4 Å². The molecule has 7 heteroatoms. The number of amides is 1. The number of carbonyl (C=O) groups excluding carboxylic acids is 1. The van der Waals surface area contributed by atoms with Crippen LogP contribution in [0.3, 0.4) is 0 Å². The van der Waals surface area contributed by atoms with E-state index in [0.29, 0.717) is 37.4 Å². The number of hydrogen-bond donors (Lipinski definition) is 1. The molecular weight excluding hydrogens is 388 g/mol. The summed E-state index contributed by atoms with van der Waals surface area (Å²) in [6, 6.07) is 11.3. The minimum atomic E-state index is -3.43. The molecule has 1 heterocycles. The maximum Gasteiger partial charge on any atom is 0.252 e. The van der Waals surface area contributed by atoms with E-state index in [4.69, 9.17) is 4.74 Å². The quantitative estimate of drug-likeness (QED) is 0.786. The van der Waals surface area contributed by atoms with E-state index < -0.39 is 10.0 Å². The highest BCUT2D eigenvalue weighted by atomic mass is 32.2. The average molecular weight is 417 g/mol. The van der Waals surface area contributed by atoms with E-state index >= 15 is 0 Å². The fourth-order valence-electron chi connectivity index (χ4n) is 3.79. The van der Waals surface area contributed by atoms with Gasteiger partial charge in [0, 0.05) is 25.2 Å². The van der Waals surface area contributed by atoms with Crippen LogP contribution in [0.25, 0.3) is 0 Å². The molecule has 0 unspecified atom stereocenters. The molecule has 1 fully saturated rings. The zero-order valence-corrected chi connectivity index (χ0v) is 18.0. The van der Waals surface area contributed by atoms with Crippen LogP contribution in [0.2, 0.25) is 0 Å². The van der Waals surface area contributed by atoms with Crippen molar-refractivity contribution >= 4 is 15.9 Å². The number of nitrogens with zero attached hydrogens (tertiary/aromatic N) is 1. The largest absolute Gasteiger partial charge is 0.379 e. The standard InChI is InChI=1S/C22H28N2O4S/c1-16-12-17(2)21(18(3)13-16)22(25)23-14-19-6-4-5-7-20(19)15-29(26,27)24-8-10-28-11-9-24/h4-7,12-13H,8-11,14-15H2,1-3H3,(H,23,25). The molecule has 0 aliphatic carbocycles. The molecule has 2 aromatic carbocycles. The molecule has 156 valence electrons. The maximum atomic E-state index is 12.8. The number of morpholine rings is 1. The van der Waals surface area contributed by atoms with Gasteiger partial charge in [-0.1, -0.05) is 42.0 Å². The van der Waals surface area contributed by atoms with Crippen molar-refractivity contribution in [3.8, 4) is 0 Å². The first-order chi connectivity index (χ1) is 13.8. The number of rotatable bonds is 6. The van der Waals surface area contributed by atoms with Crippen LogP contribution >= 0.6 is 0 Å². The smallest absolute Gasteiger partial charge is 0.252 e. The lowest BCUT2D eigenvalue weighted by atomic mass is 9.99. The summed E-state index contributed by atoms with van der Waals surface area (Å²) < 4.78 is 32.3. The molecule has 1 aliphatic heterocycles. The lowest BCUT2D eigenvalue weighted by Crippen LogP contribution is -2.41. The van der Waals surface area contributed by atoms with Crippen molar-refractivity contribution in [2.75, 3.05) is 26.3 Å². The van der Waals surface area contributed by atoms with Crippen molar-refractivity contribution in [1.82, 2.24) is 9.62 Å². The monoisotopic (exact) mass is 416 g/mol. The third-order valence-corrected chi connectivity index (χ3v) is 6.99. The van der Waals surface area contributed by atoms with Crippen molar-refractivity contribution < 1.29 is 17.9 Å². The molecule has 1 N–H and O–H groups in total. The molecule has 6 nitrogen and oxygen atoms in total. The van der Waals surface area contributed by atoms with Gasteiger partial charge >= 0.3 is 0 Å². The molecule has 29 heavy (non-hydrogen) atoms. The van der Waals surface area contributed by atoms with Gasteiger partial charge < -0.3 is 10.1 Å². The van der Waals surface area contributed by atoms with E-state index in [1.165, 1.54) is 4.31 Å².